The highest BCUT2D eigenvalue weighted by Crippen LogP contribution is 2.45. The van der Waals surface area contributed by atoms with Gasteiger partial charge in [-0.1, -0.05) is 52.8 Å². The van der Waals surface area contributed by atoms with Crippen LogP contribution in [0, 0.1) is 13.8 Å². The van der Waals surface area contributed by atoms with Crippen molar-refractivity contribution in [3.8, 4) is 11.5 Å². The monoisotopic (exact) mass is 500 g/mol. The number of aliphatic hydroxyl groups is 1. The van der Waals surface area contributed by atoms with Crippen molar-refractivity contribution < 1.29 is 24.2 Å². The maximum absolute atomic E-state index is 13.5. The number of methoxy groups -OCH3 is 2. The number of hydrogen-bond donors (Lipinski definition) is 1. The minimum atomic E-state index is -0.863. The van der Waals surface area contributed by atoms with Gasteiger partial charge in [-0.15, -0.1) is 0 Å². The van der Waals surface area contributed by atoms with Crippen LogP contribution in [0.3, 0.4) is 0 Å². The molecular formula is C28H24N2O5S. The molecule has 7 nitrogen and oxygen atoms in total. The Morgan fingerprint density at radius 3 is 2.47 bits per heavy atom. The molecule has 36 heavy (non-hydrogen) atoms. The molecule has 1 saturated heterocycles. The molecule has 5 rings (SSSR count). The van der Waals surface area contributed by atoms with Gasteiger partial charge in [0.15, 0.2) is 5.13 Å². The molecule has 1 unspecified atom stereocenters. The number of aliphatic hydroxyl groups excluding tert-OH is 1. The van der Waals surface area contributed by atoms with Crippen LogP contribution in [0.5, 0.6) is 11.5 Å². The minimum Gasteiger partial charge on any atom is -0.507 e. The lowest BCUT2D eigenvalue weighted by molar-refractivity contribution is -0.132. The summed E-state index contributed by atoms with van der Waals surface area (Å²) in [5.41, 5.74) is 3.55. The van der Waals surface area contributed by atoms with Gasteiger partial charge in [0.2, 0.25) is 0 Å². The van der Waals surface area contributed by atoms with Crippen molar-refractivity contribution in [1.29, 1.82) is 0 Å². The number of nitrogens with zero attached hydrogens (tertiary/aromatic N) is 2. The number of Topliss-reactive ketones (excluding diaryl/α,β-unsaturated/α-hetero) is 1. The summed E-state index contributed by atoms with van der Waals surface area (Å²) in [7, 11) is 3.08. The van der Waals surface area contributed by atoms with Crippen molar-refractivity contribution in [3.63, 3.8) is 0 Å². The lowest BCUT2D eigenvalue weighted by Crippen LogP contribution is -2.29. The first-order valence-corrected chi connectivity index (χ1v) is 12.1. The first-order chi connectivity index (χ1) is 17.3. The summed E-state index contributed by atoms with van der Waals surface area (Å²) in [6, 6.07) is 17.4. The zero-order valence-electron chi connectivity index (χ0n) is 20.2. The molecule has 1 N–H and O–H groups in total. The molecule has 1 aliphatic heterocycles. The van der Waals surface area contributed by atoms with E-state index in [0.29, 0.717) is 33.3 Å². The fourth-order valence-electron chi connectivity index (χ4n) is 4.46. The van der Waals surface area contributed by atoms with E-state index in [-0.39, 0.29) is 11.3 Å². The average Bonchev–Trinajstić information content (AvgIpc) is 3.41. The number of aryl methyl sites for hydroxylation is 2. The van der Waals surface area contributed by atoms with E-state index in [4.69, 9.17) is 9.47 Å². The van der Waals surface area contributed by atoms with Gasteiger partial charge in [0, 0.05) is 0 Å². The molecule has 8 heteroatoms. The summed E-state index contributed by atoms with van der Waals surface area (Å²) in [5.74, 6) is -0.744. The van der Waals surface area contributed by atoms with Crippen LogP contribution in [0.2, 0.25) is 0 Å². The normalized spacial score (nSPS) is 17.1. The van der Waals surface area contributed by atoms with Gasteiger partial charge in [-0.05, 0) is 49.7 Å². The number of ether oxygens (including phenoxy) is 2. The van der Waals surface area contributed by atoms with Gasteiger partial charge in [-0.25, -0.2) is 4.98 Å². The summed E-state index contributed by atoms with van der Waals surface area (Å²) < 4.78 is 11.6. The van der Waals surface area contributed by atoms with Crippen LogP contribution < -0.4 is 14.4 Å². The van der Waals surface area contributed by atoms with Gasteiger partial charge in [-0.3, -0.25) is 14.5 Å². The van der Waals surface area contributed by atoms with Crippen LogP contribution in [0.4, 0.5) is 5.13 Å². The van der Waals surface area contributed by atoms with E-state index in [0.717, 1.165) is 15.8 Å². The molecule has 0 bridgehead atoms. The first-order valence-electron chi connectivity index (χ1n) is 11.3. The third-order valence-electron chi connectivity index (χ3n) is 6.20. The van der Waals surface area contributed by atoms with Gasteiger partial charge in [0.25, 0.3) is 5.78 Å². The Balaban J connectivity index is 1.75. The van der Waals surface area contributed by atoms with Crippen molar-refractivity contribution in [1.82, 2.24) is 4.98 Å². The summed E-state index contributed by atoms with van der Waals surface area (Å²) >= 11 is 1.28. The molecule has 1 amide bonds. The standard InChI is InChI=1S/C28H24N2O5S/c1-15-6-5-7-17(12-15)24-23(25(31)19-13-16(2)8-11-21(19)35-4)26(32)27(33)30(24)28-29-20-10-9-18(34-3)14-22(20)36-28/h5-14,24,31H,1-4H3/b25-23+. The number of thiazole rings is 1. The highest BCUT2D eigenvalue weighted by molar-refractivity contribution is 7.22. The zero-order valence-corrected chi connectivity index (χ0v) is 21.1. The number of aromatic nitrogens is 1. The number of benzene rings is 3. The number of hydrogen-bond acceptors (Lipinski definition) is 7. The van der Waals surface area contributed by atoms with Crippen LogP contribution >= 0.6 is 11.3 Å². The smallest absolute Gasteiger partial charge is 0.301 e. The second-order valence-electron chi connectivity index (χ2n) is 8.62. The number of carbonyl (C=O) groups excluding carboxylic acids is 2. The SMILES string of the molecule is COc1ccc2nc(N3C(=O)C(=O)/C(=C(/O)c4cc(C)ccc4OC)C3c3cccc(C)c3)sc2c1. The van der Waals surface area contributed by atoms with Gasteiger partial charge < -0.3 is 14.6 Å². The molecule has 1 aromatic heterocycles. The van der Waals surface area contributed by atoms with Gasteiger partial charge in [0.1, 0.15) is 17.3 Å². The number of amides is 1. The third-order valence-corrected chi connectivity index (χ3v) is 7.22. The maximum Gasteiger partial charge on any atom is 0.301 e. The average molecular weight is 501 g/mol. The molecule has 2 heterocycles. The van der Waals surface area contributed by atoms with Crippen LogP contribution in [-0.2, 0) is 9.59 Å². The summed E-state index contributed by atoms with van der Waals surface area (Å²) in [4.78, 5) is 33.0. The van der Waals surface area contributed by atoms with Crippen LogP contribution in [0.15, 0.2) is 66.2 Å². The largest absolute Gasteiger partial charge is 0.507 e. The Kier molecular flexibility index (Phi) is 5.97. The maximum atomic E-state index is 13.5. The Hall–Kier alpha value is -4.17. The van der Waals surface area contributed by atoms with Crippen LogP contribution in [0.1, 0.15) is 28.3 Å². The number of anilines is 1. The van der Waals surface area contributed by atoms with Crippen molar-refractivity contribution in [2.75, 3.05) is 19.1 Å². The minimum absolute atomic E-state index is 0.00802. The quantitative estimate of drug-likeness (QED) is 0.219. The molecule has 3 aromatic carbocycles. The molecule has 0 saturated carbocycles. The Labute approximate surface area is 212 Å². The number of ketones is 1. The Bertz CT molecular complexity index is 1550. The lowest BCUT2D eigenvalue weighted by atomic mass is 9.94. The van der Waals surface area contributed by atoms with Gasteiger partial charge in [-0.2, -0.15) is 0 Å². The van der Waals surface area contributed by atoms with Crippen molar-refractivity contribution in [2.45, 2.75) is 19.9 Å². The van der Waals surface area contributed by atoms with E-state index < -0.39 is 17.7 Å². The molecule has 182 valence electrons. The topological polar surface area (TPSA) is 89.0 Å². The molecule has 0 aliphatic carbocycles. The molecule has 4 aromatic rings. The number of carbonyl (C=O) groups is 2. The lowest BCUT2D eigenvalue weighted by Gasteiger charge is -2.23. The van der Waals surface area contributed by atoms with Gasteiger partial charge in [0.05, 0.1) is 41.6 Å². The molecule has 0 spiro atoms. The second-order valence-corrected chi connectivity index (χ2v) is 9.63. The fourth-order valence-corrected chi connectivity index (χ4v) is 5.48. The highest BCUT2D eigenvalue weighted by Gasteiger charge is 2.48. The Morgan fingerprint density at radius 2 is 1.75 bits per heavy atom. The van der Waals surface area contributed by atoms with E-state index >= 15 is 0 Å². The molecular weight excluding hydrogens is 476 g/mol. The fraction of sp³-hybridized carbons (Fsp3) is 0.179. The summed E-state index contributed by atoms with van der Waals surface area (Å²) in [5, 5.41) is 11.8. The second kappa shape index (κ2) is 9.13. The van der Waals surface area contributed by atoms with Crippen molar-refractivity contribution >= 4 is 44.1 Å². The van der Waals surface area contributed by atoms with Crippen LogP contribution in [0.25, 0.3) is 16.0 Å². The van der Waals surface area contributed by atoms with Crippen molar-refractivity contribution in [3.05, 3.63) is 88.5 Å². The van der Waals surface area contributed by atoms with E-state index in [2.05, 4.69) is 4.98 Å². The zero-order chi connectivity index (χ0) is 25.6. The van der Waals surface area contributed by atoms with Crippen LogP contribution in [-0.4, -0.2) is 36.0 Å². The Morgan fingerprint density at radius 1 is 0.972 bits per heavy atom. The molecule has 0 radical (unpaired) electrons. The number of fused-ring (bicyclic) bond motifs is 1. The third kappa shape index (κ3) is 3.89. The summed E-state index contributed by atoms with van der Waals surface area (Å²) in [6.07, 6.45) is 0. The molecule has 1 atom stereocenters. The van der Waals surface area contributed by atoms with Gasteiger partial charge >= 0.3 is 5.91 Å². The highest BCUT2D eigenvalue weighted by atomic mass is 32.1. The van der Waals surface area contributed by atoms with E-state index in [9.17, 15) is 14.7 Å². The van der Waals surface area contributed by atoms with E-state index in [1.54, 1.807) is 25.3 Å². The first kappa shape index (κ1) is 23.6. The molecule has 1 aliphatic rings. The molecule has 1 fully saturated rings. The number of rotatable bonds is 5. The van der Waals surface area contributed by atoms with E-state index in [1.165, 1.54) is 23.3 Å². The van der Waals surface area contributed by atoms with Crippen molar-refractivity contribution in [2.24, 2.45) is 0 Å². The van der Waals surface area contributed by atoms with E-state index in [1.807, 2.05) is 56.3 Å². The predicted octanol–water partition coefficient (Wildman–Crippen LogP) is 5.56. The predicted molar refractivity (Wildman–Crippen MR) is 140 cm³/mol. The summed E-state index contributed by atoms with van der Waals surface area (Å²) in [6.45, 7) is 3.81.